The predicted molar refractivity (Wildman–Crippen MR) is 81.3 cm³/mol. The summed E-state index contributed by atoms with van der Waals surface area (Å²) < 4.78 is 5.59. The van der Waals surface area contributed by atoms with Crippen LogP contribution in [0.2, 0.25) is 5.02 Å². The molecule has 0 atom stereocenters. The fourth-order valence-corrected chi connectivity index (χ4v) is 2.03. The molecular weight excluding hydrogens is 294 g/mol. The Morgan fingerprint density at radius 3 is 2.76 bits per heavy atom. The van der Waals surface area contributed by atoms with Gasteiger partial charge in [-0.25, -0.2) is 0 Å². The van der Waals surface area contributed by atoms with Crippen LogP contribution in [0.15, 0.2) is 30.3 Å². The lowest BCUT2D eigenvalue weighted by atomic mass is 10.1. The van der Waals surface area contributed by atoms with E-state index in [1.165, 1.54) is 12.1 Å². The van der Waals surface area contributed by atoms with Crippen molar-refractivity contribution >= 4 is 23.1 Å². The topological polar surface area (TPSA) is 77.3 Å². The van der Waals surface area contributed by atoms with E-state index in [2.05, 4.69) is 10.3 Å². The van der Waals surface area contributed by atoms with Gasteiger partial charge in [-0.1, -0.05) is 18.5 Å². The third kappa shape index (κ3) is 3.61. The van der Waals surface area contributed by atoms with E-state index in [4.69, 9.17) is 16.3 Å². The number of aromatic nitrogens is 1. The monoisotopic (exact) mass is 307 g/mol. The lowest BCUT2D eigenvalue weighted by molar-refractivity contribution is -0.384. The lowest BCUT2D eigenvalue weighted by Gasteiger charge is -2.09. The van der Waals surface area contributed by atoms with Gasteiger partial charge in [0, 0.05) is 12.1 Å². The Bertz CT molecular complexity index is 677. The van der Waals surface area contributed by atoms with Crippen LogP contribution in [-0.2, 0) is 6.42 Å². The first-order chi connectivity index (χ1) is 10.0. The van der Waals surface area contributed by atoms with Crippen LogP contribution < -0.4 is 10.1 Å². The van der Waals surface area contributed by atoms with E-state index in [1.54, 1.807) is 25.2 Å². The molecule has 0 spiro atoms. The Kier molecular flexibility index (Phi) is 4.59. The third-order valence-corrected chi connectivity index (χ3v) is 3.24. The zero-order chi connectivity index (χ0) is 15.4. The predicted octanol–water partition coefficient (Wildman–Crippen LogP) is 4.04. The van der Waals surface area contributed by atoms with Crippen molar-refractivity contribution in [1.29, 1.82) is 0 Å². The molecule has 21 heavy (non-hydrogen) atoms. The molecule has 6 nitrogen and oxygen atoms in total. The summed E-state index contributed by atoms with van der Waals surface area (Å²) in [5, 5.41) is 14.3. The highest BCUT2D eigenvalue weighted by Crippen LogP contribution is 2.29. The first-order valence-electron chi connectivity index (χ1n) is 6.34. The largest absolute Gasteiger partial charge is 0.439 e. The SMILES string of the molecule is CCc1cc(Oc2cc([N+](=O)[O-])cc(NC)n2)ccc1Cl. The summed E-state index contributed by atoms with van der Waals surface area (Å²) in [6.45, 7) is 1.98. The zero-order valence-electron chi connectivity index (χ0n) is 11.6. The van der Waals surface area contributed by atoms with Crippen molar-refractivity contribution in [3.8, 4) is 11.6 Å². The van der Waals surface area contributed by atoms with E-state index < -0.39 is 4.92 Å². The molecule has 1 aromatic heterocycles. The molecule has 0 aliphatic heterocycles. The van der Waals surface area contributed by atoms with E-state index in [9.17, 15) is 10.1 Å². The molecule has 1 heterocycles. The fraction of sp³-hybridized carbons (Fsp3) is 0.214. The van der Waals surface area contributed by atoms with Gasteiger partial charge >= 0.3 is 0 Å². The standard InChI is InChI=1S/C14H14ClN3O3/c1-3-9-6-11(4-5-12(9)15)21-14-8-10(18(19)20)7-13(16-2)17-14/h4-8H,3H2,1-2H3,(H,16,17). The number of halogens is 1. The van der Waals surface area contributed by atoms with Crippen LogP contribution in [0.3, 0.4) is 0 Å². The number of benzene rings is 1. The van der Waals surface area contributed by atoms with Crippen LogP contribution in [0, 0.1) is 10.1 Å². The summed E-state index contributed by atoms with van der Waals surface area (Å²) in [6, 6.07) is 7.84. The van der Waals surface area contributed by atoms with E-state index in [0.29, 0.717) is 16.6 Å². The number of rotatable bonds is 5. The molecule has 0 bridgehead atoms. The van der Waals surface area contributed by atoms with Gasteiger partial charge in [-0.05, 0) is 30.2 Å². The van der Waals surface area contributed by atoms with Crippen molar-refractivity contribution in [3.63, 3.8) is 0 Å². The molecule has 2 rings (SSSR count). The second kappa shape index (κ2) is 6.41. The van der Waals surface area contributed by atoms with Gasteiger partial charge in [0.2, 0.25) is 5.88 Å². The Labute approximate surface area is 126 Å². The average molecular weight is 308 g/mol. The number of hydrogen-bond donors (Lipinski definition) is 1. The Balaban J connectivity index is 2.34. The number of anilines is 1. The van der Waals surface area contributed by atoms with Crippen LogP contribution in [0.25, 0.3) is 0 Å². The lowest BCUT2D eigenvalue weighted by Crippen LogP contribution is -1.98. The van der Waals surface area contributed by atoms with E-state index in [1.807, 2.05) is 6.92 Å². The van der Waals surface area contributed by atoms with Crippen molar-refractivity contribution in [2.75, 3.05) is 12.4 Å². The van der Waals surface area contributed by atoms with E-state index in [0.717, 1.165) is 12.0 Å². The fourth-order valence-electron chi connectivity index (χ4n) is 1.78. The normalized spacial score (nSPS) is 10.2. The number of nitro groups is 1. The minimum atomic E-state index is -0.491. The van der Waals surface area contributed by atoms with Gasteiger partial charge in [-0.2, -0.15) is 4.98 Å². The van der Waals surface area contributed by atoms with Gasteiger partial charge in [0.15, 0.2) is 0 Å². The van der Waals surface area contributed by atoms with Gasteiger partial charge < -0.3 is 10.1 Å². The van der Waals surface area contributed by atoms with Gasteiger partial charge in [-0.3, -0.25) is 10.1 Å². The highest BCUT2D eigenvalue weighted by Gasteiger charge is 2.12. The van der Waals surface area contributed by atoms with Crippen molar-refractivity contribution in [2.45, 2.75) is 13.3 Å². The number of nitrogens with zero attached hydrogens (tertiary/aromatic N) is 2. The molecule has 0 fully saturated rings. The maximum atomic E-state index is 10.9. The smallest absolute Gasteiger partial charge is 0.278 e. The van der Waals surface area contributed by atoms with Crippen LogP contribution in [0.1, 0.15) is 12.5 Å². The van der Waals surface area contributed by atoms with Gasteiger partial charge in [0.05, 0.1) is 17.1 Å². The van der Waals surface area contributed by atoms with Crippen LogP contribution in [0.5, 0.6) is 11.6 Å². The zero-order valence-corrected chi connectivity index (χ0v) is 12.3. The number of hydrogen-bond acceptors (Lipinski definition) is 5. The van der Waals surface area contributed by atoms with Crippen molar-refractivity contribution in [1.82, 2.24) is 4.98 Å². The van der Waals surface area contributed by atoms with E-state index >= 15 is 0 Å². The molecule has 0 amide bonds. The molecule has 0 aliphatic carbocycles. The molecule has 110 valence electrons. The summed E-state index contributed by atoms with van der Waals surface area (Å²) in [5.41, 5.74) is 0.850. The summed E-state index contributed by atoms with van der Waals surface area (Å²) in [5.74, 6) is 1.05. The second-order valence-corrected chi connectivity index (χ2v) is 4.67. The molecule has 0 saturated carbocycles. The molecule has 0 radical (unpaired) electrons. The highest BCUT2D eigenvalue weighted by atomic mass is 35.5. The third-order valence-electron chi connectivity index (χ3n) is 2.87. The quantitative estimate of drug-likeness (QED) is 0.666. The first kappa shape index (κ1) is 15.1. The molecule has 7 heteroatoms. The summed E-state index contributed by atoms with van der Waals surface area (Å²) in [7, 11) is 1.63. The molecule has 0 aliphatic rings. The Morgan fingerprint density at radius 1 is 1.38 bits per heavy atom. The summed E-state index contributed by atoms with van der Waals surface area (Å²) >= 11 is 6.04. The number of pyridine rings is 1. The summed E-state index contributed by atoms with van der Waals surface area (Å²) in [4.78, 5) is 14.5. The maximum absolute atomic E-state index is 10.9. The molecule has 1 N–H and O–H groups in total. The number of aryl methyl sites for hydroxylation is 1. The molecule has 0 saturated heterocycles. The summed E-state index contributed by atoms with van der Waals surface area (Å²) in [6.07, 6.45) is 0.764. The van der Waals surface area contributed by atoms with Crippen LogP contribution >= 0.6 is 11.6 Å². The Morgan fingerprint density at radius 2 is 2.14 bits per heavy atom. The van der Waals surface area contributed by atoms with E-state index in [-0.39, 0.29) is 11.6 Å². The maximum Gasteiger partial charge on any atom is 0.278 e. The highest BCUT2D eigenvalue weighted by molar-refractivity contribution is 6.31. The number of ether oxygens (including phenoxy) is 1. The average Bonchev–Trinajstić information content (AvgIpc) is 2.48. The van der Waals surface area contributed by atoms with Crippen molar-refractivity contribution in [2.24, 2.45) is 0 Å². The molecule has 0 unspecified atom stereocenters. The van der Waals surface area contributed by atoms with Gasteiger partial charge in [0.1, 0.15) is 11.6 Å². The van der Waals surface area contributed by atoms with Gasteiger partial charge in [0.25, 0.3) is 5.69 Å². The van der Waals surface area contributed by atoms with Gasteiger partial charge in [-0.15, -0.1) is 0 Å². The second-order valence-electron chi connectivity index (χ2n) is 4.26. The number of nitrogens with one attached hydrogen (secondary N) is 1. The van der Waals surface area contributed by atoms with Crippen LogP contribution in [0.4, 0.5) is 11.5 Å². The minimum Gasteiger partial charge on any atom is -0.439 e. The van der Waals surface area contributed by atoms with Crippen LogP contribution in [-0.4, -0.2) is 17.0 Å². The molecule has 2 aromatic rings. The molecular formula is C14H14ClN3O3. The molecule has 1 aromatic carbocycles. The Hall–Kier alpha value is -2.34. The van der Waals surface area contributed by atoms with Crippen molar-refractivity contribution in [3.05, 3.63) is 51.0 Å². The minimum absolute atomic E-state index is 0.0889. The first-order valence-corrected chi connectivity index (χ1v) is 6.71. The van der Waals surface area contributed by atoms with Crippen molar-refractivity contribution < 1.29 is 9.66 Å².